The maximum absolute atomic E-state index is 12.2. The van der Waals surface area contributed by atoms with E-state index >= 15 is 0 Å². The number of aliphatic imine (C=N–C) groups is 1. The number of aliphatic hydroxyl groups is 1. The first-order valence-electron chi connectivity index (χ1n) is 11.2. The summed E-state index contributed by atoms with van der Waals surface area (Å²) >= 11 is 0. The van der Waals surface area contributed by atoms with Crippen LogP contribution in [-0.2, 0) is 4.79 Å². The fourth-order valence-electron chi connectivity index (χ4n) is 3.57. The van der Waals surface area contributed by atoms with Crippen molar-refractivity contribution < 1.29 is 14.6 Å². The molecule has 0 spiro atoms. The van der Waals surface area contributed by atoms with Gasteiger partial charge in [-0.15, -0.1) is 0 Å². The van der Waals surface area contributed by atoms with Crippen LogP contribution < -0.4 is 20.7 Å². The first-order chi connectivity index (χ1) is 14.5. The Bertz CT molecular complexity index is 672. The number of aliphatic hydroxyl groups excluding tert-OH is 1. The zero-order valence-electron chi connectivity index (χ0n) is 18.6. The molecule has 7 nitrogen and oxygen atoms in total. The number of ether oxygens (including phenoxy) is 1. The third-order valence-electron chi connectivity index (χ3n) is 5.07. The van der Waals surface area contributed by atoms with Crippen LogP contribution in [-0.4, -0.2) is 49.3 Å². The monoisotopic (exact) mass is 418 g/mol. The number of carbonyl (C=O) groups excluding carboxylic acids is 1. The maximum atomic E-state index is 12.2. The molecule has 1 unspecified atom stereocenters. The second kappa shape index (κ2) is 13.1. The average molecular weight is 419 g/mol. The first kappa shape index (κ1) is 24.0. The zero-order chi connectivity index (χ0) is 21.8. The molecule has 1 saturated carbocycles. The lowest BCUT2D eigenvalue weighted by Crippen LogP contribution is -2.42. The van der Waals surface area contributed by atoms with Gasteiger partial charge in [-0.1, -0.05) is 31.4 Å². The Labute approximate surface area is 180 Å². The van der Waals surface area contributed by atoms with E-state index in [0.29, 0.717) is 25.6 Å². The second-order valence-corrected chi connectivity index (χ2v) is 8.03. The van der Waals surface area contributed by atoms with E-state index < -0.39 is 6.10 Å². The number of nitrogens with zero attached hydrogens (tertiary/aromatic N) is 1. The van der Waals surface area contributed by atoms with Gasteiger partial charge in [-0.25, -0.2) is 0 Å². The molecule has 4 N–H and O–H groups in total. The van der Waals surface area contributed by atoms with Gasteiger partial charge in [-0.2, -0.15) is 0 Å². The fraction of sp³-hybridized carbons (Fsp3) is 0.652. The summed E-state index contributed by atoms with van der Waals surface area (Å²) in [5.74, 6) is 1.70. The van der Waals surface area contributed by atoms with Crippen molar-refractivity contribution >= 4 is 11.9 Å². The topological polar surface area (TPSA) is 95.0 Å². The highest BCUT2D eigenvalue weighted by Gasteiger charge is 2.20. The van der Waals surface area contributed by atoms with Crippen molar-refractivity contribution in [1.82, 2.24) is 16.0 Å². The number of benzene rings is 1. The van der Waals surface area contributed by atoms with Crippen LogP contribution in [0.4, 0.5) is 0 Å². The Morgan fingerprint density at radius 1 is 1.17 bits per heavy atom. The van der Waals surface area contributed by atoms with Crippen molar-refractivity contribution in [1.29, 1.82) is 0 Å². The molecule has 0 aromatic heterocycles. The molecule has 7 heteroatoms. The number of hydrogen-bond donors (Lipinski definition) is 4. The number of hydrogen-bond acceptors (Lipinski definition) is 4. The molecule has 2 rings (SSSR count). The molecule has 1 aliphatic carbocycles. The highest BCUT2D eigenvalue weighted by atomic mass is 16.5. The second-order valence-electron chi connectivity index (χ2n) is 8.03. The molecule has 0 bridgehead atoms. The summed E-state index contributed by atoms with van der Waals surface area (Å²) in [4.78, 5) is 16.7. The summed E-state index contributed by atoms with van der Waals surface area (Å²) in [5, 5.41) is 19.9. The van der Waals surface area contributed by atoms with E-state index in [0.717, 1.165) is 37.0 Å². The van der Waals surface area contributed by atoms with E-state index in [1.54, 1.807) is 0 Å². The minimum atomic E-state index is -0.720. The van der Waals surface area contributed by atoms with Crippen LogP contribution in [0.15, 0.2) is 29.3 Å². The van der Waals surface area contributed by atoms with E-state index in [1.165, 1.54) is 6.42 Å². The number of carbonyl (C=O) groups is 1. The lowest BCUT2D eigenvalue weighted by molar-refractivity contribution is -0.125. The lowest BCUT2D eigenvalue weighted by Gasteiger charge is -2.21. The number of guanidine groups is 1. The smallest absolute Gasteiger partial charge is 0.223 e. The van der Waals surface area contributed by atoms with Gasteiger partial charge in [-0.05, 0) is 51.3 Å². The molecule has 0 saturated heterocycles. The summed E-state index contributed by atoms with van der Waals surface area (Å²) in [6, 6.07) is 7.47. The molecule has 1 aromatic rings. The summed E-state index contributed by atoms with van der Waals surface area (Å²) < 4.78 is 5.69. The Kier molecular flexibility index (Phi) is 10.5. The molecule has 1 aromatic carbocycles. The molecule has 0 radical (unpaired) electrons. The standard InChI is InChI=1S/C23H38N4O3/c1-4-24-23(26-14-13-25-22(29)18-9-6-5-7-10-18)27-16-21(28)19-11-8-12-20(15-19)30-17(2)3/h8,11-12,15,17-18,21,28H,4-7,9-10,13-14,16H2,1-3H3,(H,25,29)(H2,24,26,27). The van der Waals surface area contributed by atoms with Crippen molar-refractivity contribution in [3.63, 3.8) is 0 Å². The van der Waals surface area contributed by atoms with Crippen LogP contribution in [0.2, 0.25) is 0 Å². The van der Waals surface area contributed by atoms with Gasteiger partial charge >= 0.3 is 0 Å². The normalized spacial score (nSPS) is 16.2. The highest BCUT2D eigenvalue weighted by molar-refractivity contribution is 5.80. The third-order valence-corrected chi connectivity index (χ3v) is 5.07. The molecule has 1 atom stereocenters. The maximum Gasteiger partial charge on any atom is 0.223 e. The largest absolute Gasteiger partial charge is 0.491 e. The van der Waals surface area contributed by atoms with E-state index in [1.807, 2.05) is 45.0 Å². The fourth-order valence-corrected chi connectivity index (χ4v) is 3.57. The predicted molar refractivity (Wildman–Crippen MR) is 121 cm³/mol. The molecule has 1 aliphatic rings. The van der Waals surface area contributed by atoms with Crippen molar-refractivity contribution in [2.75, 3.05) is 26.2 Å². The predicted octanol–water partition coefficient (Wildman–Crippen LogP) is 2.76. The Morgan fingerprint density at radius 2 is 1.90 bits per heavy atom. The van der Waals surface area contributed by atoms with Crippen LogP contribution in [0.1, 0.15) is 64.5 Å². The summed E-state index contributed by atoms with van der Waals surface area (Å²) in [6.45, 7) is 8.02. The van der Waals surface area contributed by atoms with Gasteiger partial charge in [-0.3, -0.25) is 9.79 Å². The molecular weight excluding hydrogens is 380 g/mol. The van der Waals surface area contributed by atoms with Crippen LogP contribution >= 0.6 is 0 Å². The van der Waals surface area contributed by atoms with Gasteiger partial charge < -0.3 is 25.8 Å². The van der Waals surface area contributed by atoms with Crippen LogP contribution in [0.5, 0.6) is 5.75 Å². The minimum Gasteiger partial charge on any atom is -0.491 e. The molecule has 0 aliphatic heterocycles. The van der Waals surface area contributed by atoms with Gasteiger partial charge in [0.1, 0.15) is 5.75 Å². The number of rotatable bonds is 10. The minimum absolute atomic E-state index is 0.0820. The van der Waals surface area contributed by atoms with Gasteiger partial charge in [0.15, 0.2) is 5.96 Å². The van der Waals surface area contributed by atoms with Gasteiger partial charge in [0.2, 0.25) is 5.91 Å². The Balaban J connectivity index is 1.79. The van der Waals surface area contributed by atoms with E-state index in [2.05, 4.69) is 20.9 Å². The molecule has 168 valence electrons. The molecule has 1 fully saturated rings. The number of nitrogens with one attached hydrogen (secondary N) is 3. The summed E-state index contributed by atoms with van der Waals surface area (Å²) in [6.07, 6.45) is 4.93. The molecule has 0 heterocycles. The van der Waals surface area contributed by atoms with Gasteiger partial charge in [0.25, 0.3) is 0 Å². The van der Waals surface area contributed by atoms with E-state index in [4.69, 9.17) is 4.74 Å². The SMILES string of the molecule is CCNC(=NCC(O)c1cccc(OC(C)C)c1)NCCNC(=O)C1CCCCC1. The Hall–Kier alpha value is -2.28. The van der Waals surface area contributed by atoms with Crippen LogP contribution in [0.3, 0.4) is 0 Å². The quantitative estimate of drug-likeness (QED) is 0.266. The summed E-state index contributed by atoms with van der Waals surface area (Å²) in [7, 11) is 0. The highest BCUT2D eigenvalue weighted by Crippen LogP contribution is 2.23. The first-order valence-corrected chi connectivity index (χ1v) is 11.2. The van der Waals surface area contributed by atoms with E-state index in [-0.39, 0.29) is 24.5 Å². The van der Waals surface area contributed by atoms with Gasteiger partial charge in [0, 0.05) is 25.6 Å². The van der Waals surface area contributed by atoms with Gasteiger partial charge in [0.05, 0.1) is 18.8 Å². The van der Waals surface area contributed by atoms with Crippen molar-refractivity contribution in [3.8, 4) is 5.75 Å². The van der Waals surface area contributed by atoms with Crippen molar-refractivity contribution in [2.45, 2.75) is 65.1 Å². The average Bonchev–Trinajstić information content (AvgIpc) is 2.74. The molecular formula is C23H38N4O3. The van der Waals surface area contributed by atoms with Crippen LogP contribution in [0.25, 0.3) is 0 Å². The third kappa shape index (κ3) is 8.61. The van der Waals surface area contributed by atoms with Crippen LogP contribution in [0, 0.1) is 5.92 Å². The summed E-state index contributed by atoms with van der Waals surface area (Å²) in [5.41, 5.74) is 0.771. The Morgan fingerprint density at radius 3 is 2.60 bits per heavy atom. The number of amides is 1. The van der Waals surface area contributed by atoms with Crippen molar-refractivity contribution in [3.05, 3.63) is 29.8 Å². The molecule has 30 heavy (non-hydrogen) atoms. The van der Waals surface area contributed by atoms with Crippen molar-refractivity contribution in [2.24, 2.45) is 10.9 Å². The van der Waals surface area contributed by atoms with E-state index in [9.17, 15) is 9.90 Å². The molecule has 1 amide bonds. The lowest BCUT2D eigenvalue weighted by atomic mass is 9.89. The zero-order valence-corrected chi connectivity index (χ0v) is 18.6.